The van der Waals surface area contributed by atoms with Gasteiger partial charge in [0.2, 0.25) is 0 Å². The quantitative estimate of drug-likeness (QED) is 0.827. The standard InChI is InChI=1S/C16H30N2O/c1-12(11-17-14-7-8-14)13(2)18-9-10-19-16-6-4-3-5-15(16)18/h12-17H,3-11H2,1-2H3. The Morgan fingerprint density at radius 2 is 1.95 bits per heavy atom. The summed E-state index contributed by atoms with van der Waals surface area (Å²) in [6, 6.07) is 2.21. The highest BCUT2D eigenvalue weighted by Gasteiger charge is 2.37. The summed E-state index contributed by atoms with van der Waals surface area (Å²) in [5, 5.41) is 3.69. The first-order chi connectivity index (χ1) is 9.25. The molecule has 1 aliphatic heterocycles. The highest BCUT2D eigenvalue weighted by molar-refractivity contribution is 4.91. The summed E-state index contributed by atoms with van der Waals surface area (Å²) >= 11 is 0. The minimum absolute atomic E-state index is 0.522. The summed E-state index contributed by atoms with van der Waals surface area (Å²) in [4.78, 5) is 2.76. The van der Waals surface area contributed by atoms with Crippen molar-refractivity contribution in [2.75, 3.05) is 19.7 Å². The second kappa shape index (κ2) is 6.11. The van der Waals surface area contributed by atoms with Gasteiger partial charge in [0.15, 0.2) is 0 Å². The van der Waals surface area contributed by atoms with E-state index in [1.165, 1.54) is 45.1 Å². The van der Waals surface area contributed by atoms with Crippen LogP contribution in [0, 0.1) is 5.92 Å². The van der Waals surface area contributed by atoms with Gasteiger partial charge >= 0.3 is 0 Å². The number of hydrogen-bond acceptors (Lipinski definition) is 3. The highest BCUT2D eigenvalue weighted by Crippen LogP contribution is 2.31. The maximum Gasteiger partial charge on any atom is 0.0731 e. The number of nitrogens with one attached hydrogen (secondary N) is 1. The van der Waals surface area contributed by atoms with Gasteiger partial charge in [-0.05, 0) is 45.1 Å². The SMILES string of the molecule is CC(CNC1CC1)C(C)N1CCOC2CCCCC21. The second-order valence-corrected chi connectivity index (χ2v) is 6.90. The number of nitrogens with zero attached hydrogens (tertiary/aromatic N) is 1. The van der Waals surface area contributed by atoms with Gasteiger partial charge in [-0.2, -0.15) is 0 Å². The maximum absolute atomic E-state index is 5.99. The normalized spacial score (nSPS) is 35.7. The van der Waals surface area contributed by atoms with Crippen molar-refractivity contribution in [1.82, 2.24) is 10.2 Å². The summed E-state index contributed by atoms with van der Waals surface area (Å²) in [5.41, 5.74) is 0. The van der Waals surface area contributed by atoms with E-state index < -0.39 is 0 Å². The molecule has 0 bridgehead atoms. The van der Waals surface area contributed by atoms with Crippen molar-refractivity contribution in [2.24, 2.45) is 5.92 Å². The number of rotatable bonds is 5. The molecule has 0 aromatic rings. The Hall–Kier alpha value is -0.120. The van der Waals surface area contributed by atoms with Gasteiger partial charge in [-0.3, -0.25) is 4.90 Å². The van der Waals surface area contributed by atoms with Gasteiger partial charge in [0.05, 0.1) is 12.7 Å². The Morgan fingerprint density at radius 3 is 2.74 bits per heavy atom. The molecule has 1 heterocycles. The molecule has 4 atom stereocenters. The summed E-state index contributed by atoms with van der Waals surface area (Å²) in [5.74, 6) is 0.737. The van der Waals surface area contributed by atoms with Crippen LogP contribution >= 0.6 is 0 Å². The Morgan fingerprint density at radius 1 is 1.16 bits per heavy atom. The lowest BCUT2D eigenvalue weighted by molar-refractivity contribution is -0.106. The summed E-state index contributed by atoms with van der Waals surface area (Å²) < 4.78 is 5.99. The molecule has 0 aromatic carbocycles. The molecule has 110 valence electrons. The topological polar surface area (TPSA) is 24.5 Å². The molecule has 0 amide bonds. The maximum atomic E-state index is 5.99. The molecule has 0 spiro atoms. The minimum Gasteiger partial charge on any atom is -0.375 e. The number of hydrogen-bond donors (Lipinski definition) is 1. The van der Waals surface area contributed by atoms with Gasteiger partial charge in [-0.15, -0.1) is 0 Å². The minimum atomic E-state index is 0.522. The summed E-state index contributed by atoms with van der Waals surface area (Å²) in [6.45, 7) is 8.09. The van der Waals surface area contributed by atoms with E-state index in [-0.39, 0.29) is 0 Å². The number of fused-ring (bicyclic) bond motifs is 1. The van der Waals surface area contributed by atoms with E-state index in [1.54, 1.807) is 0 Å². The highest BCUT2D eigenvalue weighted by atomic mass is 16.5. The monoisotopic (exact) mass is 266 g/mol. The van der Waals surface area contributed by atoms with Crippen LogP contribution in [0.25, 0.3) is 0 Å². The lowest BCUT2D eigenvalue weighted by atomic mass is 9.87. The molecule has 1 saturated heterocycles. The van der Waals surface area contributed by atoms with Crippen molar-refractivity contribution < 1.29 is 4.74 Å². The summed E-state index contributed by atoms with van der Waals surface area (Å²) in [6.07, 6.45) is 8.69. The zero-order chi connectivity index (χ0) is 13.2. The van der Waals surface area contributed by atoms with Gasteiger partial charge < -0.3 is 10.1 Å². The molecule has 0 aromatic heterocycles. The van der Waals surface area contributed by atoms with Crippen molar-refractivity contribution in [3.63, 3.8) is 0 Å². The van der Waals surface area contributed by atoms with E-state index in [1.807, 2.05) is 0 Å². The van der Waals surface area contributed by atoms with Crippen molar-refractivity contribution >= 4 is 0 Å². The molecular weight excluding hydrogens is 236 g/mol. The molecule has 1 N–H and O–H groups in total. The van der Waals surface area contributed by atoms with E-state index in [0.717, 1.165) is 25.1 Å². The molecule has 2 saturated carbocycles. The lowest BCUT2D eigenvalue weighted by Gasteiger charge is -2.48. The zero-order valence-corrected chi connectivity index (χ0v) is 12.6. The second-order valence-electron chi connectivity index (χ2n) is 6.90. The van der Waals surface area contributed by atoms with Crippen LogP contribution in [-0.4, -0.2) is 48.8 Å². The molecular formula is C16H30N2O. The van der Waals surface area contributed by atoms with Gasteiger partial charge in [0.1, 0.15) is 0 Å². The number of morpholine rings is 1. The lowest BCUT2D eigenvalue weighted by Crippen LogP contribution is -2.57. The van der Waals surface area contributed by atoms with Crippen molar-refractivity contribution in [1.29, 1.82) is 0 Å². The first-order valence-electron chi connectivity index (χ1n) is 8.36. The van der Waals surface area contributed by atoms with Crippen LogP contribution in [0.2, 0.25) is 0 Å². The Bertz CT molecular complexity index is 290. The van der Waals surface area contributed by atoms with Gasteiger partial charge in [0, 0.05) is 24.7 Å². The van der Waals surface area contributed by atoms with E-state index in [2.05, 4.69) is 24.1 Å². The Balaban J connectivity index is 1.55. The van der Waals surface area contributed by atoms with E-state index >= 15 is 0 Å². The largest absolute Gasteiger partial charge is 0.375 e. The third-order valence-electron chi connectivity index (χ3n) is 5.43. The molecule has 3 nitrogen and oxygen atoms in total. The van der Waals surface area contributed by atoms with Crippen LogP contribution in [-0.2, 0) is 4.74 Å². The third-order valence-corrected chi connectivity index (χ3v) is 5.43. The molecule has 3 rings (SSSR count). The molecule has 0 radical (unpaired) electrons. The van der Waals surface area contributed by atoms with Gasteiger partial charge in [0.25, 0.3) is 0 Å². The number of ether oxygens (including phenoxy) is 1. The smallest absolute Gasteiger partial charge is 0.0731 e. The fraction of sp³-hybridized carbons (Fsp3) is 1.00. The third kappa shape index (κ3) is 3.32. The van der Waals surface area contributed by atoms with Crippen LogP contribution in [0.3, 0.4) is 0 Å². The van der Waals surface area contributed by atoms with Crippen LogP contribution in [0.4, 0.5) is 0 Å². The van der Waals surface area contributed by atoms with Crippen LogP contribution in [0.5, 0.6) is 0 Å². The zero-order valence-electron chi connectivity index (χ0n) is 12.6. The van der Waals surface area contributed by atoms with E-state index in [9.17, 15) is 0 Å². The first kappa shape index (κ1) is 13.8. The van der Waals surface area contributed by atoms with E-state index in [0.29, 0.717) is 18.2 Å². The fourth-order valence-corrected chi connectivity index (χ4v) is 3.77. The average molecular weight is 266 g/mol. The summed E-state index contributed by atoms with van der Waals surface area (Å²) in [7, 11) is 0. The molecule has 3 fully saturated rings. The van der Waals surface area contributed by atoms with Crippen molar-refractivity contribution in [3.05, 3.63) is 0 Å². The van der Waals surface area contributed by atoms with Gasteiger partial charge in [-0.1, -0.05) is 19.8 Å². The molecule has 19 heavy (non-hydrogen) atoms. The first-order valence-corrected chi connectivity index (χ1v) is 8.36. The Kier molecular flexibility index (Phi) is 4.45. The molecule has 2 aliphatic carbocycles. The average Bonchev–Trinajstić information content (AvgIpc) is 3.27. The fourth-order valence-electron chi connectivity index (χ4n) is 3.77. The van der Waals surface area contributed by atoms with Crippen LogP contribution in [0.1, 0.15) is 52.4 Å². The molecule has 4 unspecified atom stereocenters. The van der Waals surface area contributed by atoms with Crippen molar-refractivity contribution in [3.8, 4) is 0 Å². The van der Waals surface area contributed by atoms with Gasteiger partial charge in [-0.25, -0.2) is 0 Å². The van der Waals surface area contributed by atoms with Crippen molar-refractivity contribution in [2.45, 2.75) is 76.6 Å². The van der Waals surface area contributed by atoms with Crippen LogP contribution in [0.15, 0.2) is 0 Å². The molecule has 3 heteroatoms. The van der Waals surface area contributed by atoms with Crippen LogP contribution < -0.4 is 5.32 Å². The predicted octanol–water partition coefficient (Wildman–Crippen LogP) is 2.41. The predicted molar refractivity (Wildman–Crippen MR) is 78.4 cm³/mol. The van der Waals surface area contributed by atoms with E-state index in [4.69, 9.17) is 4.74 Å². The Labute approximate surface area is 118 Å². The molecule has 3 aliphatic rings.